The molecular weight excluding hydrogens is 152 g/mol. The van der Waals surface area contributed by atoms with Gasteiger partial charge in [-0.05, 0) is 0 Å². The van der Waals surface area contributed by atoms with Gasteiger partial charge in [0.1, 0.15) is 0 Å². The molecule has 0 fully saturated rings. The number of nitrogens with one attached hydrogen (secondary N) is 1. The second kappa shape index (κ2) is 5.07. The Balaban J connectivity index is 3.54. The first-order valence-electron chi connectivity index (χ1n) is 2.46. The van der Waals surface area contributed by atoms with Gasteiger partial charge in [-0.15, -0.1) is 0 Å². The third-order valence-corrected chi connectivity index (χ3v) is 1.26. The molecule has 0 aromatic rings. The molecule has 0 heterocycles. The molecule has 0 unspecified atom stereocenters. The van der Waals surface area contributed by atoms with Crippen molar-refractivity contribution in [2.45, 2.75) is 0 Å². The zero-order valence-electron chi connectivity index (χ0n) is 5.63. The number of methoxy groups -OCH3 is 1. The molecule has 5 nitrogen and oxygen atoms in total. The van der Waals surface area contributed by atoms with Crippen molar-refractivity contribution in [2.24, 2.45) is 16.5 Å². The van der Waals surface area contributed by atoms with Crippen molar-refractivity contribution in [1.82, 2.24) is 0 Å². The smallest absolute Gasteiger partial charge is 0.193 e. The molecule has 0 aromatic carbocycles. The summed E-state index contributed by atoms with van der Waals surface area (Å²) in [4.78, 5) is 3.45. The minimum atomic E-state index is -0.103. The fourth-order valence-electron chi connectivity index (χ4n) is 0.264. The topological polar surface area (TPSA) is 97.5 Å². The van der Waals surface area contributed by atoms with Gasteiger partial charge in [0.2, 0.25) is 0 Å². The highest BCUT2D eigenvalue weighted by atomic mass is 32.2. The van der Waals surface area contributed by atoms with E-state index >= 15 is 0 Å². The standard InChI is InChI=1S/C4H10N4OS/c1-9-2-10-4(7)8-3(5)6/h2H2,1H3,(H5,5,6,7,8). The lowest BCUT2D eigenvalue weighted by atomic mass is 11.0. The Bertz CT molecular complexity index is 142. The predicted octanol–water partition coefficient (Wildman–Crippen LogP) is -0.468. The molecule has 0 bridgehead atoms. The molecule has 0 amide bonds. The fourth-order valence-corrected chi connectivity index (χ4v) is 0.664. The summed E-state index contributed by atoms with van der Waals surface area (Å²) in [6, 6.07) is 0. The van der Waals surface area contributed by atoms with Crippen LogP contribution in [-0.2, 0) is 4.74 Å². The van der Waals surface area contributed by atoms with Crippen LogP contribution in [0, 0.1) is 5.41 Å². The van der Waals surface area contributed by atoms with Gasteiger partial charge < -0.3 is 16.2 Å². The quantitative estimate of drug-likeness (QED) is 0.290. The number of guanidine groups is 1. The van der Waals surface area contributed by atoms with Gasteiger partial charge in [0, 0.05) is 7.11 Å². The molecule has 0 aliphatic rings. The lowest BCUT2D eigenvalue weighted by molar-refractivity contribution is 0.259. The van der Waals surface area contributed by atoms with Crippen LogP contribution < -0.4 is 11.5 Å². The van der Waals surface area contributed by atoms with Gasteiger partial charge in [0.05, 0.1) is 5.94 Å². The van der Waals surface area contributed by atoms with E-state index in [2.05, 4.69) is 9.73 Å². The third kappa shape index (κ3) is 5.39. The number of hydrogen-bond donors (Lipinski definition) is 3. The monoisotopic (exact) mass is 162 g/mol. The summed E-state index contributed by atoms with van der Waals surface area (Å²) in [5, 5.41) is 7.12. The zero-order chi connectivity index (χ0) is 7.98. The lowest BCUT2D eigenvalue weighted by Crippen LogP contribution is -2.23. The van der Waals surface area contributed by atoms with Gasteiger partial charge >= 0.3 is 0 Å². The summed E-state index contributed by atoms with van der Waals surface area (Å²) in [5.74, 6) is 0.281. The Labute approximate surface area is 63.3 Å². The fraction of sp³-hybridized carbons (Fsp3) is 0.500. The largest absolute Gasteiger partial charge is 0.374 e. The van der Waals surface area contributed by atoms with Crippen LogP contribution >= 0.6 is 11.8 Å². The Morgan fingerprint density at radius 1 is 1.70 bits per heavy atom. The lowest BCUT2D eigenvalue weighted by Gasteiger charge is -1.95. The van der Waals surface area contributed by atoms with E-state index in [1.165, 1.54) is 7.11 Å². The minimum absolute atomic E-state index is 0.0573. The van der Waals surface area contributed by atoms with Crippen molar-refractivity contribution < 1.29 is 4.74 Å². The number of amidine groups is 1. The van der Waals surface area contributed by atoms with Gasteiger partial charge in [0.15, 0.2) is 11.1 Å². The van der Waals surface area contributed by atoms with E-state index in [4.69, 9.17) is 16.9 Å². The maximum absolute atomic E-state index is 7.06. The summed E-state index contributed by atoms with van der Waals surface area (Å²) in [5.41, 5.74) is 10.00. The molecule has 0 saturated carbocycles. The highest BCUT2D eigenvalue weighted by Gasteiger charge is 1.92. The normalized spacial score (nSPS) is 8.90. The van der Waals surface area contributed by atoms with Crippen LogP contribution in [0.5, 0.6) is 0 Å². The molecule has 6 heteroatoms. The van der Waals surface area contributed by atoms with Crippen molar-refractivity contribution in [1.29, 1.82) is 5.41 Å². The third-order valence-electron chi connectivity index (χ3n) is 0.544. The van der Waals surface area contributed by atoms with Crippen LogP contribution in [0.2, 0.25) is 0 Å². The number of ether oxygens (including phenoxy) is 1. The number of nitrogens with two attached hydrogens (primary N) is 2. The zero-order valence-corrected chi connectivity index (χ0v) is 6.44. The molecule has 0 atom stereocenters. The van der Waals surface area contributed by atoms with Crippen LogP contribution in [0.1, 0.15) is 0 Å². The highest BCUT2D eigenvalue weighted by Crippen LogP contribution is 2.01. The average molecular weight is 162 g/mol. The molecule has 0 aliphatic carbocycles. The van der Waals surface area contributed by atoms with E-state index in [1.807, 2.05) is 0 Å². The highest BCUT2D eigenvalue weighted by molar-refractivity contribution is 8.13. The van der Waals surface area contributed by atoms with Crippen molar-refractivity contribution >= 4 is 22.9 Å². The molecular formula is C4H10N4OS. The molecule has 0 aliphatic heterocycles. The summed E-state index contributed by atoms with van der Waals surface area (Å²) in [7, 11) is 1.54. The van der Waals surface area contributed by atoms with Gasteiger partial charge in [-0.3, -0.25) is 5.41 Å². The SMILES string of the molecule is COCSC(=N)N=C(N)N. The number of nitrogens with zero attached hydrogens (tertiary/aromatic N) is 1. The maximum Gasteiger partial charge on any atom is 0.193 e. The van der Waals surface area contributed by atoms with Crippen LogP contribution in [0.15, 0.2) is 4.99 Å². The Morgan fingerprint density at radius 2 is 2.30 bits per heavy atom. The van der Waals surface area contributed by atoms with E-state index in [0.29, 0.717) is 5.94 Å². The first-order valence-corrected chi connectivity index (χ1v) is 3.45. The molecule has 0 radical (unpaired) electrons. The Morgan fingerprint density at radius 3 is 2.70 bits per heavy atom. The molecule has 58 valence electrons. The van der Waals surface area contributed by atoms with Crippen molar-refractivity contribution in [3.63, 3.8) is 0 Å². The van der Waals surface area contributed by atoms with Crippen molar-refractivity contribution in [3.05, 3.63) is 0 Å². The summed E-state index contributed by atoms with van der Waals surface area (Å²) in [6.45, 7) is 0. The van der Waals surface area contributed by atoms with Crippen molar-refractivity contribution in [3.8, 4) is 0 Å². The van der Waals surface area contributed by atoms with E-state index in [0.717, 1.165) is 11.8 Å². The second-order valence-corrected chi connectivity index (χ2v) is 2.30. The number of rotatable bonds is 2. The van der Waals surface area contributed by atoms with Crippen LogP contribution in [-0.4, -0.2) is 24.2 Å². The van der Waals surface area contributed by atoms with E-state index < -0.39 is 0 Å². The number of thioether (sulfide) groups is 1. The van der Waals surface area contributed by atoms with Crippen LogP contribution in [0.4, 0.5) is 0 Å². The summed E-state index contributed by atoms with van der Waals surface area (Å²) >= 11 is 1.12. The molecule has 0 spiro atoms. The second-order valence-electron chi connectivity index (χ2n) is 1.39. The van der Waals surface area contributed by atoms with Gasteiger partial charge in [-0.1, -0.05) is 11.8 Å². The summed E-state index contributed by atoms with van der Waals surface area (Å²) < 4.78 is 4.67. The first-order chi connectivity index (χ1) is 4.66. The predicted molar refractivity (Wildman–Crippen MR) is 43.0 cm³/mol. The van der Waals surface area contributed by atoms with Crippen LogP contribution in [0.25, 0.3) is 0 Å². The number of aliphatic imine (C=N–C) groups is 1. The van der Waals surface area contributed by atoms with Gasteiger partial charge in [-0.25, -0.2) is 0 Å². The molecule has 5 N–H and O–H groups in total. The average Bonchev–Trinajstić information content (AvgIpc) is 1.82. The Kier molecular flexibility index (Phi) is 4.69. The van der Waals surface area contributed by atoms with Crippen LogP contribution in [0.3, 0.4) is 0 Å². The van der Waals surface area contributed by atoms with Crippen molar-refractivity contribution in [2.75, 3.05) is 13.0 Å². The van der Waals surface area contributed by atoms with Gasteiger partial charge in [-0.2, -0.15) is 4.99 Å². The Hall–Kier alpha value is -0.750. The van der Waals surface area contributed by atoms with E-state index in [1.54, 1.807) is 0 Å². The minimum Gasteiger partial charge on any atom is -0.374 e. The molecule has 0 saturated heterocycles. The van der Waals surface area contributed by atoms with Gasteiger partial charge in [0.25, 0.3) is 0 Å². The molecule has 0 rings (SSSR count). The molecule has 0 aromatic heterocycles. The number of hydrogen-bond acceptors (Lipinski definition) is 3. The summed E-state index contributed by atoms with van der Waals surface area (Å²) in [6.07, 6.45) is 0. The van der Waals surface area contributed by atoms with E-state index in [9.17, 15) is 0 Å². The van der Waals surface area contributed by atoms with E-state index in [-0.39, 0.29) is 11.1 Å². The maximum atomic E-state index is 7.06. The molecule has 10 heavy (non-hydrogen) atoms. The first kappa shape index (κ1) is 9.25.